The zero-order valence-electron chi connectivity index (χ0n) is 10.6. The van der Waals surface area contributed by atoms with Crippen molar-refractivity contribution in [2.24, 2.45) is 5.84 Å². The van der Waals surface area contributed by atoms with Gasteiger partial charge in [-0.3, -0.25) is 15.1 Å². The molecule has 6 nitrogen and oxygen atoms in total. The van der Waals surface area contributed by atoms with E-state index in [1.807, 2.05) is 4.90 Å². The van der Waals surface area contributed by atoms with E-state index < -0.39 is 9.84 Å². The van der Waals surface area contributed by atoms with Crippen molar-refractivity contribution in [3.05, 3.63) is 0 Å². The van der Waals surface area contributed by atoms with Crippen LogP contribution in [0.4, 0.5) is 0 Å². The molecule has 0 saturated carbocycles. The fourth-order valence-corrected chi connectivity index (χ4v) is 4.91. The Morgan fingerprint density at radius 2 is 2.22 bits per heavy atom. The highest BCUT2D eigenvalue weighted by Gasteiger charge is 2.30. The van der Waals surface area contributed by atoms with Crippen molar-refractivity contribution in [3.63, 3.8) is 0 Å². The molecule has 0 bridgehead atoms. The van der Waals surface area contributed by atoms with Crippen molar-refractivity contribution in [3.8, 4) is 0 Å². The molecule has 0 aromatic carbocycles. The first kappa shape index (κ1) is 15.7. The lowest BCUT2D eigenvalue weighted by molar-refractivity contribution is -0.121. The van der Waals surface area contributed by atoms with Crippen LogP contribution in [0.5, 0.6) is 0 Å². The van der Waals surface area contributed by atoms with Gasteiger partial charge < -0.3 is 0 Å². The highest BCUT2D eigenvalue weighted by atomic mass is 32.2. The molecule has 1 aliphatic heterocycles. The Morgan fingerprint density at radius 3 is 2.83 bits per heavy atom. The third kappa shape index (κ3) is 5.13. The smallest absolute Gasteiger partial charge is 0.233 e. The van der Waals surface area contributed by atoms with Crippen LogP contribution in [0.1, 0.15) is 19.3 Å². The summed E-state index contributed by atoms with van der Waals surface area (Å²) in [6.07, 6.45) is 3.22. The molecule has 1 atom stereocenters. The van der Waals surface area contributed by atoms with E-state index in [-0.39, 0.29) is 11.3 Å². The molecule has 8 heteroatoms. The van der Waals surface area contributed by atoms with E-state index in [0.717, 1.165) is 31.7 Å². The van der Waals surface area contributed by atoms with Crippen LogP contribution in [-0.4, -0.2) is 55.4 Å². The molecule has 1 fully saturated rings. The first-order chi connectivity index (χ1) is 8.45. The lowest BCUT2D eigenvalue weighted by atomic mass is 10.2. The molecule has 0 spiro atoms. The highest BCUT2D eigenvalue weighted by molar-refractivity contribution is 8.00. The summed E-state index contributed by atoms with van der Waals surface area (Å²) in [6.45, 7) is 1.52. The number of hydrogen-bond acceptors (Lipinski definition) is 6. The van der Waals surface area contributed by atoms with E-state index in [9.17, 15) is 13.2 Å². The lowest BCUT2D eigenvalue weighted by Gasteiger charge is -2.33. The van der Waals surface area contributed by atoms with Gasteiger partial charge in [0.15, 0.2) is 9.84 Å². The van der Waals surface area contributed by atoms with E-state index in [0.29, 0.717) is 12.2 Å². The maximum absolute atomic E-state index is 11.6. The van der Waals surface area contributed by atoms with Crippen molar-refractivity contribution >= 4 is 27.5 Å². The van der Waals surface area contributed by atoms with Gasteiger partial charge in [-0.25, -0.2) is 14.3 Å². The predicted octanol–water partition coefficient (Wildman–Crippen LogP) is -0.434. The summed E-state index contributed by atoms with van der Waals surface area (Å²) in [7, 11) is -3.03. The number of thioether (sulfide) groups is 1. The van der Waals surface area contributed by atoms with Gasteiger partial charge in [0, 0.05) is 30.7 Å². The molecule has 1 saturated heterocycles. The second-order valence-electron chi connectivity index (χ2n) is 4.42. The molecular formula is C10H21N3O3S2. The molecule has 1 heterocycles. The molecule has 0 aliphatic carbocycles. The maximum atomic E-state index is 11.6. The standard InChI is InChI=1S/C10H21N3O3S2/c1-18(15,16)10-8-17-7-6-13(10)5-3-2-4-9(14)12-11/h10H,2-8,11H2,1H3,(H,12,14). The summed E-state index contributed by atoms with van der Waals surface area (Å²) < 4.78 is 23.3. The molecule has 1 unspecified atom stereocenters. The molecule has 106 valence electrons. The van der Waals surface area contributed by atoms with Gasteiger partial charge >= 0.3 is 0 Å². The Morgan fingerprint density at radius 1 is 1.50 bits per heavy atom. The Balaban J connectivity index is 2.37. The van der Waals surface area contributed by atoms with Gasteiger partial charge in [-0.1, -0.05) is 0 Å². The lowest BCUT2D eigenvalue weighted by Crippen LogP contribution is -2.47. The van der Waals surface area contributed by atoms with Crippen LogP contribution in [0.2, 0.25) is 0 Å². The molecule has 18 heavy (non-hydrogen) atoms. The number of hydrogen-bond donors (Lipinski definition) is 2. The van der Waals surface area contributed by atoms with Crippen LogP contribution in [0.3, 0.4) is 0 Å². The molecule has 1 rings (SSSR count). The molecule has 0 radical (unpaired) electrons. The number of carbonyl (C=O) groups excluding carboxylic acids is 1. The predicted molar refractivity (Wildman–Crippen MR) is 73.7 cm³/mol. The zero-order valence-corrected chi connectivity index (χ0v) is 12.2. The third-order valence-corrected chi connectivity index (χ3v) is 5.63. The number of nitrogens with two attached hydrogens (primary N) is 1. The second kappa shape index (κ2) is 7.32. The van der Waals surface area contributed by atoms with Crippen molar-refractivity contribution in [2.75, 3.05) is 30.9 Å². The molecule has 1 amide bonds. The van der Waals surface area contributed by atoms with Crippen molar-refractivity contribution in [1.29, 1.82) is 0 Å². The molecular weight excluding hydrogens is 274 g/mol. The van der Waals surface area contributed by atoms with E-state index in [1.54, 1.807) is 11.8 Å². The van der Waals surface area contributed by atoms with Gasteiger partial charge in [-0.05, 0) is 19.4 Å². The molecule has 3 N–H and O–H groups in total. The van der Waals surface area contributed by atoms with Crippen LogP contribution < -0.4 is 11.3 Å². The fourth-order valence-electron chi connectivity index (χ4n) is 1.94. The minimum Gasteiger partial charge on any atom is -0.294 e. The maximum Gasteiger partial charge on any atom is 0.233 e. The summed E-state index contributed by atoms with van der Waals surface area (Å²) in [4.78, 5) is 12.9. The number of sulfone groups is 1. The monoisotopic (exact) mass is 295 g/mol. The minimum atomic E-state index is -3.03. The Kier molecular flexibility index (Phi) is 6.40. The van der Waals surface area contributed by atoms with Crippen molar-refractivity contribution < 1.29 is 13.2 Å². The van der Waals surface area contributed by atoms with Gasteiger partial charge in [0.25, 0.3) is 0 Å². The van der Waals surface area contributed by atoms with Crippen molar-refractivity contribution in [2.45, 2.75) is 24.6 Å². The first-order valence-corrected chi connectivity index (χ1v) is 9.06. The number of amides is 1. The van der Waals surface area contributed by atoms with Gasteiger partial charge in [0.2, 0.25) is 5.91 Å². The minimum absolute atomic E-state index is 0.177. The van der Waals surface area contributed by atoms with Gasteiger partial charge in [-0.2, -0.15) is 11.8 Å². The Bertz CT molecular complexity index is 373. The van der Waals surface area contributed by atoms with Gasteiger partial charge in [0.1, 0.15) is 5.37 Å². The quantitative estimate of drug-likeness (QED) is 0.299. The van der Waals surface area contributed by atoms with Crippen molar-refractivity contribution in [1.82, 2.24) is 10.3 Å². The van der Waals surface area contributed by atoms with E-state index in [1.165, 1.54) is 6.26 Å². The number of carbonyl (C=O) groups is 1. The number of nitrogens with one attached hydrogen (secondary N) is 1. The van der Waals surface area contributed by atoms with Gasteiger partial charge in [-0.15, -0.1) is 0 Å². The SMILES string of the molecule is CS(=O)(=O)C1CSCCN1CCCCC(=O)NN. The van der Waals surface area contributed by atoms with Crippen LogP contribution in [0.15, 0.2) is 0 Å². The topological polar surface area (TPSA) is 92.5 Å². The largest absolute Gasteiger partial charge is 0.294 e. The molecule has 0 aromatic rings. The molecule has 1 aliphatic rings. The fraction of sp³-hybridized carbons (Fsp3) is 0.900. The normalized spacial score (nSPS) is 21.8. The summed E-state index contributed by atoms with van der Waals surface area (Å²) in [5.74, 6) is 6.42. The van der Waals surface area contributed by atoms with Crippen LogP contribution in [-0.2, 0) is 14.6 Å². The number of nitrogens with zero attached hydrogens (tertiary/aromatic N) is 1. The van der Waals surface area contributed by atoms with Gasteiger partial charge in [0.05, 0.1) is 0 Å². The van der Waals surface area contributed by atoms with Crippen LogP contribution in [0, 0.1) is 0 Å². The summed E-state index contributed by atoms with van der Waals surface area (Å²) in [6, 6.07) is 0. The zero-order chi connectivity index (χ0) is 13.6. The highest BCUT2D eigenvalue weighted by Crippen LogP contribution is 2.20. The van der Waals surface area contributed by atoms with E-state index in [2.05, 4.69) is 5.43 Å². The number of unbranched alkanes of at least 4 members (excludes halogenated alkanes) is 1. The van der Waals surface area contributed by atoms with E-state index >= 15 is 0 Å². The second-order valence-corrected chi connectivity index (χ2v) is 7.77. The average molecular weight is 295 g/mol. The molecule has 0 aromatic heterocycles. The van der Waals surface area contributed by atoms with Crippen LogP contribution in [0.25, 0.3) is 0 Å². The average Bonchev–Trinajstić information content (AvgIpc) is 2.33. The third-order valence-electron chi connectivity index (χ3n) is 2.94. The summed E-state index contributed by atoms with van der Waals surface area (Å²) >= 11 is 1.68. The number of hydrazine groups is 1. The first-order valence-electron chi connectivity index (χ1n) is 5.95. The number of rotatable bonds is 6. The Labute approximate surface area is 113 Å². The summed E-state index contributed by atoms with van der Waals surface area (Å²) in [5, 5.41) is -0.375. The Hall–Kier alpha value is -0.310. The van der Waals surface area contributed by atoms with Crippen LogP contribution >= 0.6 is 11.8 Å². The summed E-state index contributed by atoms with van der Waals surface area (Å²) in [5.41, 5.74) is 2.08. The van der Waals surface area contributed by atoms with E-state index in [4.69, 9.17) is 5.84 Å².